The van der Waals surface area contributed by atoms with E-state index in [1.807, 2.05) is 11.9 Å². The number of aryl methyl sites for hydroxylation is 1. The number of hydrogen-bond acceptors (Lipinski definition) is 4. The van der Waals surface area contributed by atoms with Crippen LogP contribution in [0.5, 0.6) is 5.75 Å². The van der Waals surface area contributed by atoms with Crippen molar-refractivity contribution in [2.75, 3.05) is 33.9 Å². The molecule has 0 aliphatic carbocycles. The van der Waals surface area contributed by atoms with Crippen LogP contribution in [0, 0.1) is 12.7 Å². The van der Waals surface area contributed by atoms with Crippen molar-refractivity contribution in [3.05, 3.63) is 29.6 Å². The molecule has 1 aromatic carbocycles. The van der Waals surface area contributed by atoms with Crippen LogP contribution in [-0.2, 0) is 4.74 Å². The zero-order valence-corrected chi connectivity index (χ0v) is 11.5. The van der Waals surface area contributed by atoms with Crippen molar-refractivity contribution in [3.63, 3.8) is 0 Å². The van der Waals surface area contributed by atoms with Crippen molar-refractivity contribution < 1.29 is 13.9 Å². The minimum atomic E-state index is -0.381. The lowest BCUT2D eigenvalue weighted by molar-refractivity contribution is 0.109. The quantitative estimate of drug-likeness (QED) is 0.816. The predicted molar refractivity (Wildman–Crippen MR) is 72.4 cm³/mol. The smallest absolute Gasteiger partial charge is 0.179 e. The van der Waals surface area contributed by atoms with E-state index < -0.39 is 0 Å². The molecule has 1 aliphatic heterocycles. The highest BCUT2D eigenvalue weighted by molar-refractivity contribution is 5.88. The first-order valence-corrected chi connectivity index (χ1v) is 6.29. The molecule has 19 heavy (non-hydrogen) atoms. The number of methoxy groups -OCH3 is 1. The van der Waals surface area contributed by atoms with Crippen molar-refractivity contribution in [2.45, 2.75) is 13.0 Å². The molecule has 0 fully saturated rings. The highest BCUT2D eigenvalue weighted by Gasteiger charge is 2.25. The van der Waals surface area contributed by atoms with Crippen molar-refractivity contribution in [1.82, 2.24) is 4.90 Å². The zero-order chi connectivity index (χ0) is 13.8. The number of aliphatic imine (C=N–C) groups is 1. The molecule has 1 aromatic rings. The molecule has 0 radical (unpaired) electrons. The number of likely N-dealkylation sites (N-methyl/N-ethyl adjacent to an activating group) is 1. The van der Waals surface area contributed by atoms with Gasteiger partial charge < -0.3 is 14.4 Å². The minimum absolute atomic E-state index is 0.241. The van der Waals surface area contributed by atoms with E-state index in [1.165, 1.54) is 0 Å². The van der Waals surface area contributed by atoms with Crippen LogP contribution >= 0.6 is 0 Å². The summed E-state index contributed by atoms with van der Waals surface area (Å²) >= 11 is 0. The van der Waals surface area contributed by atoms with Gasteiger partial charge in [0, 0.05) is 20.7 Å². The second-order valence-electron chi connectivity index (χ2n) is 4.61. The van der Waals surface area contributed by atoms with Gasteiger partial charge in [0.1, 0.15) is 5.84 Å². The van der Waals surface area contributed by atoms with Crippen molar-refractivity contribution >= 4 is 5.84 Å². The number of benzene rings is 1. The molecule has 0 aromatic heterocycles. The van der Waals surface area contributed by atoms with Crippen LogP contribution < -0.4 is 4.74 Å². The Morgan fingerprint density at radius 3 is 2.89 bits per heavy atom. The molecule has 104 valence electrons. The topological polar surface area (TPSA) is 34.1 Å². The lowest BCUT2D eigenvalue weighted by Crippen LogP contribution is -2.40. The highest BCUT2D eigenvalue weighted by atomic mass is 19.1. The molecule has 0 saturated heterocycles. The van der Waals surface area contributed by atoms with Crippen molar-refractivity contribution in [2.24, 2.45) is 4.99 Å². The van der Waals surface area contributed by atoms with Gasteiger partial charge in [0.05, 0.1) is 13.2 Å². The molecular weight excluding hydrogens is 247 g/mol. The van der Waals surface area contributed by atoms with E-state index in [1.54, 1.807) is 32.2 Å². The predicted octanol–water partition coefficient (Wildman–Crippen LogP) is 1.87. The molecular formula is C14H19FN2O2. The first kappa shape index (κ1) is 13.8. The lowest BCUT2D eigenvalue weighted by atomic mass is 10.2. The summed E-state index contributed by atoms with van der Waals surface area (Å²) in [7, 11) is 3.54. The molecule has 4 nitrogen and oxygen atoms in total. The maximum absolute atomic E-state index is 14.0. The molecule has 1 unspecified atom stereocenters. The fourth-order valence-corrected chi connectivity index (χ4v) is 2.07. The Kier molecular flexibility index (Phi) is 4.37. The summed E-state index contributed by atoms with van der Waals surface area (Å²) in [6, 6.07) is 5.12. The third-order valence-electron chi connectivity index (χ3n) is 3.13. The lowest BCUT2D eigenvalue weighted by Gasteiger charge is -2.24. The van der Waals surface area contributed by atoms with Gasteiger partial charge in [-0.1, -0.05) is 12.1 Å². The van der Waals surface area contributed by atoms with Crippen LogP contribution in [0.1, 0.15) is 5.56 Å². The van der Waals surface area contributed by atoms with E-state index in [9.17, 15) is 4.39 Å². The first-order chi connectivity index (χ1) is 9.13. The van der Waals surface area contributed by atoms with Gasteiger partial charge in [-0.3, -0.25) is 4.99 Å². The normalized spacial score (nSPS) is 16.4. The number of amidine groups is 1. The SMILES string of the molecule is COCC(Oc1cccc(C)c1F)C1=NCCN1C. The Morgan fingerprint density at radius 2 is 2.26 bits per heavy atom. The third-order valence-corrected chi connectivity index (χ3v) is 3.13. The second-order valence-corrected chi connectivity index (χ2v) is 4.61. The Balaban J connectivity index is 2.19. The first-order valence-electron chi connectivity index (χ1n) is 6.29. The number of halogens is 1. The molecule has 0 amide bonds. The maximum Gasteiger partial charge on any atom is 0.179 e. The summed E-state index contributed by atoms with van der Waals surface area (Å²) in [6.07, 6.45) is -0.381. The number of nitrogens with zero attached hydrogens (tertiary/aromatic N) is 2. The van der Waals surface area contributed by atoms with Gasteiger partial charge in [0.15, 0.2) is 17.7 Å². The van der Waals surface area contributed by atoms with Crippen LogP contribution in [0.15, 0.2) is 23.2 Å². The third kappa shape index (κ3) is 3.04. The van der Waals surface area contributed by atoms with Gasteiger partial charge >= 0.3 is 0 Å². The molecule has 0 N–H and O–H groups in total. The van der Waals surface area contributed by atoms with E-state index in [0.717, 1.165) is 18.9 Å². The van der Waals surface area contributed by atoms with E-state index in [2.05, 4.69) is 4.99 Å². The molecule has 0 saturated carbocycles. The molecule has 1 aliphatic rings. The molecule has 0 spiro atoms. The van der Waals surface area contributed by atoms with Gasteiger partial charge in [-0.05, 0) is 18.6 Å². The summed E-state index contributed by atoms with van der Waals surface area (Å²) in [5.41, 5.74) is 0.565. The van der Waals surface area contributed by atoms with Gasteiger partial charge in [0.25, 0.3) is 0 Å². The Hall–Kier alpha value is -1.62. The van der Waals surface area contributed by atoms with Crippen LogP contribution in [0.2, 0.25) is 0 Å². The molecule has 1 atom stereocenters. The Morgan fingerprint density at radius 1 is 1.47 bits per heavy atom. The monoisotopic (exact) mass is 266 g/mol. The number of hydrogen-bond donors (Lipinski definition) is 0. The summed E-state index contributed by atoms with van der Waals surface area (Å²) in [5.74, 6) is 0.720. The van der Waals surface area contributed by atoms with Crippen LogP contribution in [0.3, 0.4) is 0 Å². The van der Waals surface area contributed by atoms with Crippen molar-refractivity contribution in [1.29, 1.82) is 0 Å². The van der Waals surface area contributed by atoms with E-state index in [-0.39, 0.29) is 17.7 Å². The standard InChI is InChI=1S/C14H19FN2O2/c1-10-5-4-6-11(13(10)15)19-12(9-18-3)14-16-7-8-17(14)2/h4-6,12H,7-9H2,1-3H3. The van der Waals surface area contributed by atoms with Crippen LogP contribution in [-0.4, -0.2) is 50.7 Å². The minimum Gasteiger partial charge on any atom is -0.477 e. The summed E-state index contributed by atoms with van der Waals surface area (Å²) in [4.78, 5) is 6.41. The fourth-order valence-electron chi connectivity index (χ4n) is 2.07. The van der Waals surface area contributed by atoms with E-state index in [0.29, 0.717) is 12.2 Å². The van der Waals surface area contributed by atoms with E-state index >= 15 is 0 Å². The largest absolute Gasteiger partial charge is 0.477 e. The molecule has 0 bridgehead atoms. The molecule has 2 rings (SSSR count). The van der Waals surface area contributed by atoms with Gasteiger partial charge in [-0.25, -0.2) is 4.39 Å². The van der Waals surface area contributed by atoms with Crippen molar-refractivity contribution in [3.8, 4) is 5.75 Å². The van der Waals surface area contributed by atoms with Gasteiger partial charge in [0.2, 0.25) is 0 Å². The number of ether oxygens (including phenoxy) is 2. The summed E-state index contributed by atoms with van der Waals surface area (Å²) in [6.45, 7) is 3.66. The fraction of sp³-hybridized carbons (Fsp3) is 0.500. The van der Waals surface area contributed by atoms with Crippen LogP contribution in [0.25, 0.3) is 0 Å². The second kappa shape index (κ2) is 6.02. The van der Waals surface area contributed by atoms with Crippen LogP contribution in [0.4, 0.5) is 4.39 Å². The maximum atomic E-state index is 14.0. The number of rotatable bonds is 5. The summed E-state index contributed by atoms with van der Waals surface area (Å²) < 4.78 is 24.9. The highest BCUT2D eigenvalue weighted by Crippen LogP contribution is 2.22. The Bertz CT molecular complexity index is 477. The Labute approximate surface area is 112 Å². The average molecular weight is 266 g/mol. The molecule has 5 heteroatoms. The molecule has 1 heterocycles. The van der Waals surface area contributed by atoms with Gasteiger partial charge in [-0.2, -0.15) is 0 Å². The van der Waals surface area contributed by atoms with E-state index in [4.69, 9.17) is 9.47 Å². The van der Waals surface area contributed by atoms with Gasteiger partial charge in [-0.15, -0.1) is 0 Å². The zero-order valence-electron chi connectivity index (χ0n) is 11.5. The average Bonchev–Trinajstić information content (AvgIpc) is 2.80. The summed E-state index contributed by atoms with van der Waals surface area (Å²) in [5, 5.41) is 0.